The van der Waals surface area contributed by atoms with Crippen LogP contribution in [-0.2, 0) is 6.54 Å². The van der Waals surface area contributed by atoms with E-state index in [-0.39, 0.29) is 0 Å². The summed E-state index contributed by atoms with van der Waals surface area (Å²) in [5, 5.41) is 21.2. The summed E-state index contributed by atoms with van der Waals surface area (Å²) in [5.41, 5.74) is 3.01. The predicted octanol–water partition coefficient (Wildman–Crippen LogP) is 3.70. The summed E-state index contributed by atoms with van der Waals surface area (Å²) in [6, 6.07) is 16.6. The summed E-state index contributed by atoms with van der Waals surface area (Å²) < 4.78 is 0. The van der Waals surface area contributed by atoms with Crippen LogP contribution in [0.15, 0.2) is 42.5 Å². The average molecular weight is 268 g/mol. The van der Waals surface area contributed by atoms with Gasteiger partial charge in [-0.1, -0.05) is 23.7 Å². The van der Waals surface area contributed by atoms with Crippen LogP contribution in [0.3, 0.4) is 0 Å². The van der Waals surface area contributed by atoms with Crippen LogP contribution in [0.4, 0.5) is 5.69 Å². The van der Waals surface area contributed by atoms with E-state index in [2.05, 4.69) is 11.4 Å². The molecule has 2 aromatic carbocycles. The van der Waals surface area contributed by atoms with Gasteiger partial charge in [0.1, 0.15) is 0 Å². The molecule has 0 amide bonds. The molecule has 1 N–H and O–H groups in total. The molecule has 0 aliphatic carbocycles. The fourth-order valence-electron chi connectivity index (χ4n) is 1.62. The Morgan fingerprint density at radius 1 is 0.947 bits per heavy atom. The second-order valence-electron chi connectivity index (χ2n) is 3.97. The zero-order valence-electron chi connectivity index (χ0n) is 10.0. The molecule has 0 spiro atoms. The van der Waals surface area contributed by atoms with Gasteiger partial charge in [-0.15, -0.1) is 0 Å². The highest BCUT2D eigenvalue weighted by Crippen LogP contribution is 2.23. The topological polar surface area (TPSA) is 59.6 Å². The van der Waals surface area contributed by atoms with Crippen LogP contribution in [0, 0.1) is 22.7 Å². The molecule has 92 valence electrons. The summed E-state index contributed by atoms with van der Waals surface area (Å²) >= 11 is 6.07. The minimum absolute atomic E-state index is 0.521. The highest BCUT2D eigenvalue weighted by atomic mass is 35.5. The summed E-state index contributed by atoms with van der Waals surface area (Å²) in [6.07, 6.45) is 0. The lowest BCUT2D eigenvalue weighted by Gasteiger charge is -2.08. The number of hydrogen-bond donors (Lipinski definition) is 1. The molecule has 0 heterocycles. The first-order chi connectivity index (χ1) is 9.22. The van der Waals surface area contributed by atoms with E-state index in [1.54, 1.807) is 30.3 Å². The van der Waals surface area contributed by atoms with E-state index < -0.39 is 0 Å². The zero-order chi connectivity index (χ0) is 13.7. The second-order valence-corrected chi connectivity index (χ2v) is 4.38. The first kappa shape index (κ1) is 13.0. The minimum atomic E-state index is 0.521. The van der Waals surface area contributed by atoms with Crippen LogP contribution in [0.25, 0.3) is 0 Å². The molecule has 2 aromatic rings. The van der Waals surface area contributed by atoms with Crippen LogP contribution >= 0.6 is 11.6 Å². The molecular weight excluding hydrogens is 258 g/mol. The maximum Gasteiger partial charge on any atom is 0.0992 e. The van der Waals surface area contributed by atoms with Gasteiger partial charge in [0.2, 0.25) is 0 Å². The Morgan fingerprint density at radius 2 is 1.58 bits per heavy atom. The standard InChI is InChI=1S/C15H10ClN3/c16-14-7-13(9-18)5-6-15(14)19-10-12-3-1-11(8-17)2-4-12/h1-7,19H,10H2. The third-order valence-corrected chi connectivity index (χ3v) is 2.98. The van der Waals surface area contributed by atoms with E-state index in [1.807, 2.05) is 18.2 Å². The van der Waals surface area contributed by atoms with Crippen molar-refractivity contribution < 1.29 is 0 Å². The van der Waals surface area contributed by atoms with E-state index in [1.165, 1.54) is 0 Å². The smallest absolute Gasteiger partial charge is 0.0992 e. The molecule has 0 aromatic heterocycles. The fraction of sp³-hybridized carbons (Fsp3) is 0.0667. The summed E-state index contributed by atoms with van der Waals surface area (Å²) in [6.45, 7) is 0.608. The van der Waals surface area contributed by atoms with Crippen LogP contribution < -0.4 is 5.32 Å². The van der Waals surface area contributed by atoms with Gasteiger partial charge in [0.05, 0.1) is 34.0 Å². The normalized spacial score (nSPS) is 9.42. The van der Waals surface area contributed by atoms with Gasteiger partial charge in [-0.05, 0) is 35.9 Å². The van der Waals surface area contributed by atoms with Gasteiger partial charge in [-0.2, -0.15) is 10.5 Å². The van der Waals surface area contributed by atoms with Crippen molar-refractivity contribution in [1.82, 2.24) is 0 Å². The molecule has 0 radical (unpaired) electrons. The van der Waals surface area contributed by atoms with Crippen molar-refractivity contribution in [3.63, 3.8) is 0 Å². The molecule has 0 bridgehead atoms. The Morgan fingerprint density at radius 3 is 2.16 bits per heavy atom. The SMILES string of the molecule is N#Cc1ccc(CNc2ccc(C#N)cc2Cl)cc1. The molecule has 4 heteroatoms. The van der Waals surface area contributed by atoms with Crippen molar-refractivity contribution in [3.8, 4) is 12.1 Å². The van der Waals surface area contributed by atoms with Gasteiger partial charge >= 0.3 is 0 Å². The van der Waals surface area contributed by atoms with Gasteiger partial charge in [-0.25, -0.2) is 0 Å². The molecule has 3 nitrogen and oxygen atoms in total. The van der Waals surface area contributed by atoms with Gasteiger partial charge in [0, 0.05) is 6.54 Å². The number of halogens is 1. The molecule has 19 heavy (non-hydrogen) atoms. The molecule has 0 unspecified atom stereocenters. The monoisotopic (exact) mass is 267 g/mol. The lowest BCUT2D eigenvalue weighted by molar-refractivity contribution is 1.15. The summed E-state index contributed by atoms with van der Waals surface area (Å²) in [4.78, 5) is 0. The predicted molar refractivity (Wildman–Crippen MR) is 74.7 cm³/mol. The van der Waals surface area contributed by atoms with Crippen LogP contribution in [-0.4, -0.2) is 0 Å². The molecule has 0 atom stereocenters. The Bertz CT molecular complexity index is 663. The lowest BCUT2D eigenvalue weighted by atomic mass is 10.1. The maximum absolute atomic E-state index is 8.75. The Balaban J connectivity index is 2.06. The van der Waals surface area contributed by atoms with E-state index in [9.17, 15) is 0 Å². The van der Waals surface area contributed by atoms with Crippen LogP contribution in [0.1, 0.15) is 16.7 Å². The third kappa shape index (κ3) is 3.25. The van der Waals surface area contributed by atoms with E-state index in [0.29, 0.717) is 22.7 Å². The largest absolute Gasteiger partial charge is 0.380 e. The van der Waals surface area contributed by atoms with Crippen molar-refractivity contribution in [2.24, 2.45) is 0 Å². The molecule has 0 saturated heterocycles. The minimum Gasteiger partial charge on any atom is -0.380 e. The van der Waals surface area contributed by atoms with E-state index in [4.69, 9.17) is 22.1 Å². The number of anilines is 1. The van der Waals surface area contributed by atoms with Crippen molar-refractivity contribution >= 4 is 17.3 Å². The van der Waals surface area contributed by atoms with Crippen molar-refractivity contribution in [2.45, 2.75) is 6.54 Å². The van der Waals surface area contributed by atoms with Crippen LogP contribution in [0.2, 0.25) is 5.02 Å². The Labute approximate surface area is 116 Å². The zero-order valence-corrected chi connectivity index (χ0v) is 10.8. The number of benzene rings is 2. The first-order valence-electron chi connectivity index (χ1n) is 5.65. The van der Waals surface area contributed by atoms with E-state index >= 15 is 0 Å². The van der Waals surface area contributed by atoms with E-state index in [0.717, 1.165) is 11.3 Å². The third-order valence-electron chi connectivity index (χ3n) is 2.66. The molecular formula is C15H10ClN3. The quantitative estimate of drug-likeness (QED) is 0.922. The number of nitriles is 2. The molecule has 0 aliphatic heterocycles. The first-order valence-corrected chi connectivity index (χ1v) is 6.03. The molecule has 2 rings (SSSR count). The second kappa shape index (κ2) is 5.91. The number of hydrogen-bond acceptors (Lipinski definition) is 3. The number of nitrogens with one attached hydrogen (secondary N) is 1. The Kier molecular flexibility index (Phi) is 4.03. The average Bonchev–Trinajstić information content (AvgIpc) is 2.46. The highest BCUT2D eigenvalue weighted by molar-refractivity contribution is 6.33. The van der Waals surface area contributed by atoms with Crippen molar-refractivity contribution in [3.05, 3.63) is 64.2 Å². The number of rotatable bonds is 3. The summed E-state index contributed by atoms with van der Waals surface area (Å²) in [7, 11) is 0. The van der Waals surface area contributed by atoms with Gasteiger partial charge in [0.15, 0.2) is 0 Å². The molecule has 0 saturated carbocycles. The fourth-order valence-corrected chi connectivity index (χ4v) is 1.87. The highest BCUT2D eigenvalue weighted by Gasteiger charge is 2.01. The summed E-state index contributed by atoms with van der Waals surface area (Å²) in [5.74, 6) is 0. The van der Waals surface area contributed by atoms with Gasteiger partial charge in [-0.3, -0.25) is 0 Å². The van der Waals surface area contributed by atoms with Crippen molar-refractivity contribution in [2.75, 3.05) is 5.32 Å². The number of nitrogens with zero attached hydrogens (tertiary/aromatic N) is 2. The molecule has 0 fully saturated rings. The lowest BCUT2D eigenvalue weighted by Crippen LogP contribution is -2.00. The molecule has 0 aliphatic rings. The maximum atomic E-state index is 8.75. The van der Waals surface area contributed by atoms with Gasteiger partial charge < -0.3 is 5.32 Å². The Hall–Kier alpha value is -2.49. The van der Waals surface area contributed by atoms with Crippen LogP contribution in [0.5, 0.6) is 0 Å². The van der Waals surface area contributed by atoms with Gasteiger partial charge in [0.25, 0.3) is 0 Å². The van der Waals surface area contributed by atoms with Crippen molar-refractivity contribution in [1.29, 1.82) is 10.5 Å².